The highest BCUT2D eigenvalue weighted by molar-refractivity contribution is 5.56. The molecule has 0 amide bonds. The van der Waals surface area contributed by atoms with E-state index in [0.29, 0.717) is 0 Å². The summed E-state index contributed by atoms with van der Waals surface area (Å²) >= 11 is 0. The maximum atomic E-state index is 5.79. The molecule has 96 valence electrons. The number of hydrogen-bond donors (Lipinski definition) is 1. The summed E-state index contributed by atoms with van der Waals surface area (Å²) in [4.78, 5) is 4.23. The summed E-state index contributed by atoms with van der Waals surface area (Å²) in [6.45, 7) is 4.18. The van der Waals surface area contributed by atoms with Crippen LogP contribution in [0.15, 0.2) is 36.7 Å². The molecule has 18 heavy (non-hydrogen) atoms. The van der Waals surface area contributed by atoms with Gasteiger partial charge in [0, 0.05) is 31.2 Å². The second-order valence-corrected chi connectivity index (χ2v) is 4.35. The van der Waals surface area contributed by atoms with Gasteiger partial charge in [-0.15, -0.1) is 0 Å². The van der Waals surface area contributed by atoms with Crippen LogP contribution in [0.5, 0.6) is 5.75 Å². The molecule has 2 rings (SSSR count). The third-order valence-electron chi connectivity index (χ3n) is 2.82. The molecule has 1 aromatic carbocycles. The first-order valence-electron chi connectivity index (χ1n) is 6.20. The van der Waals surface area contributed by atoms with Gasteiger partial charge in [0.25, 0.3) is 0 Å². The van der Waals surface area contributed by atoms with E-state index < -0.39 is 0 Å². The van der Waals surface area contributed by atoms with Crippen molar-refractivity contribution in [2.24, 2.45) is 7.05 Å². The Morgan fingerprint density at radius 3 is 2.94 bits per heavy atom. The lowest BCUT2D eigenvalue weighted by atomic mass is 10.3. The summed E-state index contributed by atoms with van der Waals surface area (Å²) in [6, 6.07) is 7.93. The summed E-state index contributed by atoms with van der Waals surface area (Å²) in [5.41, 5.74) is 0.977. The Hall–Kier alpha value is -1.97. The Bertz CT molecular complexity index is 507. The molecule has 2 aromatic rings. The Labute approximate surface area is 108 Å². The molecule has 1 aromatic heterocycles. The number of aromatic nitrogens is 2. The molecule has 0 spiro atoms. The smallest absolute Gasteiger partial charge is 0.207 e. The number of nitrogens with zero attached hydrogens (tertiary/aromatic N) is 2. The average Bonchev–Trinajstić information content (AvgIpc) is 2.75. The zero-order valence-corrected chi connectivity index (χ0v) is 11.1. The zero-order chi connectivity index (χ0) is 13.0. The van der Waals surface area contributed by atoms with Crippen molar-refractivity contribution in [3.8, 4) is 5.75 Å². The van der Waals surface area contributed by atoms with Gasteiger partial charge in [-0.3, -0.25) is 0 Å². The lowest BCUT2D eigenvalue weighted by Gasteiger charge is -2.13. The monoisotopic (exact) mass is 245 g/mol. The Morgan fingerprint density at radius 2 is 2.28 bits per heavy atom. The van der Waals surface area contributed by atoms with Gasteiger partial charge in [-0.1, -0.05) is 13.0 Å². The van der Waals surface area contributed by atoms with Crippen LogP contribution in [0.4, 0.5) is 11.6 Å². The van der Waals surface area contributed by atoms with Crippen molar-refractivity contribution in [2.45, 2.75) is 26.4 Å². The summed E-state index contributed by atoms with van der Waals surface area (Å²) in [5, 5.41) is 3.26. The lowest BCUT2D eigenvalue weighted by molar-refractivity contribution is 0.217. The van der Waals surface area contributed by atoms with Crippen LogP contribution < -0.4 is 10.1 Å². The number of aryl methyl sites for hydroxylation is 1. The van der Waals surface area contributed by atoms with Gasteiger partial charge in [-0.2, -0.15) is 0 Å². The first-order valence-corrected chi connectivity index (χ1v) is 6.20. The van der Waals surface area contributed by atoms with Crippen LogP contribution in [0.25, 0.3) is 0 Å². The topological polar surface area (TPSA) is 39.1 Å². The zero-order valence-electron chi connectivity index (χ0n) is 11.1. The molecule has 0 aliphatic rings. The van der Waals surface area contributed by atoms with Crippen LogP contribution in [0, 0.1) is 0 Å². The summed E-state index contributed by atoms with van der Waals surface area (Å²) < 4.78 is 7.72. The number of benzene rings is 1. The molecule has 4 heteroatoms. The minimum absolute atomic E-state index is 0.230. The molecule has 0 fully saturated rings. The van der Waals surface area contributed by atoms with Crippen molar-refractivity contribution >= 4 is 11.6 Å². The Kier molecular flexibility index (Phi) is 3.87. The quantitative estimate of drug-likeness (QED) is 0.878. The normalized spacial score (nSPS) is 12.2. The van der Waals surface area contributed by atoms with Crippen molar-refractivity contribution in [3.63, 3.8) is 0 Å². The van der Waals surface area contributed by atoms with E-state index in [1.54, 1.807) is 6.20 Å². The van der Waals surface area contributed by atoms with E-state index in [0.717, 1.165) is 23.8 Å². The third-order valence-corrected chi connectivity index (χ3v) is 2.82. The highest BCUT2D eigenvalue weighted by atomic mass is 16.5. The number of hydrogen-bond acceptors (Lipinski definition) is 3. The summed E-state index contributed by atoms with van der Waals surface area (Å²) in [5.74, 6) is 1.69. The molecule has 4 nitrogen and oxygen atoms in total. The molecule has 0 saturated heterocycles. The van der Waals surface area contributed by atoms with Crippen molar-refractivity contribution in [3.05, 3.63) is 36.7 Å². The molecule has 0 saturated carbocycles. The first kappa shape index (κ1) is 12.5. The fourth-order valence-corrected chi connectivity index (χ4v) is 1.58. The van der Waals surface area contributed by atoms with Crippen LogP contribution in [-0.4, -0.2) is 15.7 Å². The predicted octanol–water partition coefficient (Wildman–Crippen LogP) is 3.34. The largest absolute Gasteiger partial charge is 0.491 e. The van der Waals surface area contributed by atoms with Crippen LogP contribution in [-0.2, 0) is 7.05 Å². The minimum atomic E-state index is 0.230. The number of nitrogens with one attached hydrogen (secondary N) is 1. The second kappa shape index (κ2) is 5.58. The fourth-order valence-electron chi connectivity index (χ4n) is 1.58. The van der Waals surface area contributed by atoms with E-state index in [1.807, 2.05) is 42.1 Å². The van der Waals surface area contributed by atoms with Crippen LogP contribution >= 0.6 is 0 Å². The van der Waals surface area contributed by atoms with E-state index in [4.69, 9.17) is 4.74 Å². The first-order chi connectivity index (χ1) is 8.69. The van der Waals surface area contributed by atoms with Gasteiger partial charge in [-0.25, -0.2) is 4.98 Å². The van der Waals surface area contributed by atoms with E-state index >= 15 is 0 Å². The molecule has 1 N–H and O–H groups in total. The number of ether oxygens (including phenoxy) is 1. The molecule has 0 radical (unpaired) electrons. The SMILES string of the molecule is CCC(C)Oc1cccc(Nc2nccn2C)c1. The van der Waals surface area contributed by atoms with Crippen LogP contribution in [0.1, 0.15) is 20.3 Å². The molecule has 1 atom stereocenters. The highest BCUT2D eigenvalue weighted by Gasteiger charge is 2.03. The molecule has 0 aliphatic carbocycles. The maximum Gasteiger partial charge on any atom is 0.207 e. The average molecular weight is 245 g/mol. The van der Waals surface area contributed by atoms with Crippen molar-refractivity contribution < 1.29 is 4.74 Å². The predicted molar refractivity (Wildman–Crippen MR) is 73.3 cm³/mol. The second-order valence-electron chi connectivity index (χ2n) is 4.35. The van der Waals surface area contributed by atoms with Gasteiger partial charge in [0.05, 0.1) is 6.10 Å². The van der Waals surface area contributed by atoms with Crippen molar-refractivity contribution in [1.82, 2.24) is 9.55 Å². The Balaban J connectivity index is 2.10. The summed E-state index contributed by atoms with van der Waals surface area (Å²) in [6.07, 6.45) is 4.90. The van der Waals surface area contributed by atoms with Crippen LogP contribution in [0.2, 0.25) is 0 Å². The molecular formula is C14H19N3O. The molecule has 1 heterocycles. The van der Waals surface area contributed by atoms with E-state index in [9.17, 15) is 0 Å². The van der Waals surface area contributed by atoms with Gasteiger partial charge >= 0.3 is 0 Å². The fraction of sp³-hybridized carbons (Fsp3) is 0.357. The Morgan fingerprint density at radius 1 is 1.44 bits per heavy atom. The number of anilines is 2. The van der Waals surface area contributed by atoms with E-state index in [1.165, 1.54) is 0 Å². The summed E-state index contributed by atoms with van der Waals surface area (Å²) in [7, 11) is 1.95. The molecular weight excluding hydrogens is 226 g/mol. The maximum absolute atomic E-state index is 5.79. The van der Waals surface area contributed by atoms with Crippen molar-refractivity contribution in [2.75, 3.05) is 5.32 Å². The van der Waals surface area contributed by atoms with Gasteiger partial charge < -0.3 is 14.6 Å². The molecule has 0 bridgehead atoms. The minimum Gasteiger partial charge on any atom is -0.491 e. The van der Waals surface area contributed by atoms with Gasteiger partial charge in [-0.05, 0) is 25.5 Å². The van der Waals surface area contributed by atoms with Crippen LogP contribution in [0.3, 0.4) is 0 Å². The number of imidazole rings is 1. The van der Waals surface area contributed by atoms with Gasteiger partial charge in [0.2, 0.25) is 5.95 Å². The standard InChI is InChI=1S/C14H19N3O/c1-4-11(2)18-13-7-5-6-12(10-13)16-14-15-8-9-17(14)3/h5-11H,4H2,1-3H3,(H,15,16). The molecule has 1 unspecified atom stereocenters. The lowest BCUT2D eigenvalue weighted by Crippen LogP contribution is -2.09. The van der Waals surface area contributed by atoms with Gasteiger partial charge in [0.1, 0.15) is 5.75 Å². The number of rotatable bonds is 5. The van der Waals surface area contributed by atoms with Gasteiger partial charge in [0.15, 0.2) is 0 Å². The molecule has 0 aliphatic heterocycles. The van der Waals surface area contributed by atoms with E-state index in [-0.39, 0.29) is 6.10 Å². The highest BCUT2D eigenvalue weighted by Crippen LogP contribution is 2.21. The third kappa shape index (κ3) is 3.03. The van der Waals surface area contributed by atoms with E-state index in [2.05, 4.69) is 24.1 Å². The van der Waals surface area contributed by atoms with Crippen molar-refractivity contribution in [1.29, 1.82) is 0 Å².